The number of amides is 1. The Kier molecular flexibility index (Phi) is 6.64. The van der Waals surface area contributed by atoms with Gasteiger partial charge in [0.25, 0.3) is 0 Å². The summed E-state index contributed by atoms with van der Waals surface area (Å²) in [6, 6.07) is 5.44. The molecule has 3 heterocycles. The highest BCUT2D eigenvalue weighted by molar-refractivity contribution is 7.15. The molecule has 2 aliphatic heterocycles. The largest absolute Gasteiger partial charge is 0.444 e. The maximum Gasteiger partial charge on any atom is 0.410 e. The van der Waals surface area contributed by atoms with Crippen molar-refractivity contribution in [1.29, 1.82) is 0 Å². The van der Waals surface area contributed by atoms with E-state index < -0.39 is 5.60 Å². The highest BCUT2D eigenvalue weighted by atomic mass is 32.1. The van der Waals surface area contributed by atoms with Gasteiger partial charge in [-0.2, -0.15) is 0 Å². The molecule has 1 aromatic heterocycles. The summed E-state index contributed by atoms with van der Waals surface area (Å²) in [5.74, 6) is 0.476. The average Bonchev–Trinajstić information content (AvgIpc) is 3.23. The molecule has 1 saturated heterocycles. The van der Waals surface area contributed by atoms with Gasteiger partial charge in [-0.3, -0.25) is 0 Å². The fraction of sp³-hybridized carbons (Fsp3) is 0.556. The minimum Gasteiger partial charge on any atom is -0.444 e. The molecule has 0 bridgehead atoms. The van der Waals surface area contributed by atoms with Gasteiger partial charge in [-0.05, 0) is 69.7 Å². The molecule has 0 radical (unpaired) electrons. The number of quaternary nitrogens is 1. The quantitative estimate of drug-likeness (QED) is 0.434. The van der Waals surface area contributed by atoms with Crippen molar-refractivity contribution in [2.75, 3.05) is 26.7 Å². The van der Waals surface area contributed by atoms with Gasteiger partial charge in [0.1, 0.15) is 23.4 Å². The molecule has 7 heteroatoms. The van der Waals surface area contributed by atoms with Crippen LogP contribution in [0.1, 0.15) is 70.9 Å². The highest BCUT2D eigenvalue weighted by Crippen LogP contribution is 2.49. The number of hydrogen-bond donors (Lipinski definition) is 0. The van der Waals surface area contributed by atoms with Gasteiger partial charge < -0.3 is 9.64 Å². The normalized spacial score (nSPS) is 21.7. The number of carbonyl (C=O) groups is 1. The molecule has 0 N–H and O–H groups in total. The first-order chi connectivity index (χ1) is 15.9. The number of carbonyl (C=O) groups excluding carboxylic acids is 1. The van der Waals surface area contributed by atoms with Gasteiger partial charge in [0.05, 0.1) is 7.05 Å². The number of halogens is 1. The summed E-state index contributed by atoms with van der Waals surface area (Å²) in [5.41, 5.74) is 3.83. The Hall–Kier alpha value is -2.25. The van der Waals surface area contributed by atoms with Gasteiger partial charge >= 0.3 is 6.09 Å². The summed E-state index contributed by atoms with van der Waals surface area (Å²) >= 11 is 1.69. The number of aromatic nitrogens is 1. The third-order valence-corrected chi connectivity index (χ3v) is 8.22. The second kappa shape index (κ2) is 9.08. The number of likely N-dealkylation sites (N-methyl/N-ethyl adjacent to an activating group) is 1. The molecule has 0 spiro atoms. The molecular formula is C27H37FN3O2S+. The first-order valence-electron chi connectivity index (χ1n) is 12.2. The van der Waals surface area contributed by atoms with Crippen LogP contribution >= 0.6 is 11.3 Å². The number of thiazole rings is 1. The molecule has 0 aliphatic carbocycles. The third-order valence-electron chi connectivity index (χ3n) is 6.85. The Morgan fingerprint density at radius 2 is 1.94 bits per heavy atom. The minimum absolute atomic E-state index is 0.161. The second-order valence-corrected chi connectivity index (χ2v) is 12.2. The number of hydrogen-bond acceptors (Lipinski definition) is 4. The average molecular weight is 487 g/mol. The molecule has 1 fully saturated rings. The lowest BCUT2D eigenvalue weighted by molar-refractivity contribution is 0.0205. The number of para-hydroxylation sites is 1. The second-order valence-electron chi connectivity index (χ2n) is 11.1. The zero-order chi connectivity index (χ0) is 24.8. The van der Waals surface area contributed by atoms with Crippen LogP contribution in [0.4, 0.5) is 19.9 Å². The van der Waals surface area contributed by atoms with Crippen LogP contribution in [0.5, 0.6) is 0 Å². The van der Waals surface area contributed by atoms with E-state index in [1.807, 2.05) is 33.0 Å². The molecule has 5 nitrogen and oxygen atoms in total. The van der Waals surface area contributed by atoms with Crippen molar-refractivity contribution in [1.82, 2.24) is 14.4 Å². The predicted molar refractivity (Wildman–Crippen MR) is 138 cm³/mol. The van der Waals surface area contributed by atoms with Crippen molar-refractivity contribution in [3.05, 3.63) is 46.4 Å². The van der Waals surface area contributed by atoms with E-state index in [1.165, 1.54) is 11.1 Å². The van der Waals surface area contributed by atoms with Gasteiger partial charge in [-0.15, -0.1) is 0 Å². The lowest BCUT2D eigenvalue weighted by atomic mass is 9.85. The van der Waals surface area contributed by atoms with Crippen LogP contribution in [-0.2, 0) is 4.74 Å². The van der Waals surface area contributed by atoms with Crippen LogP contribution in [0.2, 0.25) is 0 Å². The van der Waals surface area contributed by atoms with Crippen molar-refractivity contribution in [3.63, 3.8) is 0 Å². The van der Waals surface area contributed by atoms with Gasteiger partial charge in [0, 0.05) is 24.6 Å². The van der Waals surface area contributed by atoms with Gasteiger partial charge in [0.15, 0.2) is 11.5 Å². The molecule has 1 unspecified atom stereocenters. The molecule has 0 saturated carbocycles. The summed E-state index contributed by atoms with van der Waals surface area (Å²) in [6.45, 7) is 14.3. The van der Waals surface area contributed by atoms with Crippen LogP contribution < -0.4 is 4.48 Å². The topological polar surface area (TPSA) is 42.4 Å². The fourth-order valence-corrected chi connectivity index (χ4v) is 6.61. The molecule has 1 aromatic carbocycles. The summed E-state index contributed by atoms with van der Waals surface area (Å²) < 4.78 is 21.2. The van der Waals surface area contributed by atoms with Crippen molar-refractivity contribution in [2.24, 2.45) is 5.92 Å². The maximum absolute atomic E-state index is 15.3. The lowest BCUT2D eigenvalue weighted by Crippen LogP contribution is -2.44. The Balaban J connectivity index is 1.57. The Labute approximate surface area is 206 Å². The molecule has 2 aliphatic rings. The van der Waals surface area contributed by atoms with Crippen molar-refractivity contribution in [3.8, 4) is 0 Å². The molecule has 184 valence electrons. The lowest BCUT2D eigenvalue weighted by Gasteiger charge is -2.39. The smallest absolute Gasteiger partial charge is 0.410 e. The number of likely N-dealkylation sites (tertiary alicyclic amines) is 1. The number of fused-ring (bicyclic) bond motifs is 1. The predicted octanol–water partition coefficient (Wildman–Crippen LogP) is 7.11. The van der Waals surface area contributed by atoms with Crippen LogP contribution in [0.25, 0.3) is 5.57 Å². The number of piperidine rings is 1. The summed E-state index contributed by atoms with van der Waals surface area (Å²) in [5, 5.41) is 2.13. The van der Waals surface area contributed by atoms with Crippen molar-refractivity contribution >= 4 is 33.7 Å². The first-order valence-corrected chi connectivity index (χ1v) is 13.0. The zero-order valence-corrected chi connectivity index (χ0v) is 22.3. The number of ether oxygens (including phenoxy) is 1. The van der Waals surface area contributed by atoms with Crippen molar-refractivity contribution in [2.45, 2.75) is 65.9 Å². The van der Waals surface area contributed by atoms with Crippen molar-refractivity contribution < 1.29 is 13.9 Å². The van der Waals surface area contributed by atoms with Crippen LogP contribution in [0.3, 0.4) is 0 Å². The fourth-order valence-electron chi connectivity index (χ4n) is 5.43. The Morgan fingerprint density at radius 1 is 1.26 bits per heavy atom. The van der Waals surface area contributed by atoms with E-state index in [2.05, 4.69) is 33.9 Å². The zero-order valence-electron chi connectivity index (χ0n) is 21.4. The van der Waals surface area contributed by atoms with Crippen LogP contribution in [0, 0.1) is 11.7 Å². The number of allylic oxidation sites excluding steroid dienone is 1. The van der Waals surface area contributed by atoms with Crippen LogP contribution in [0.15, 0.2) is 30.0 Å². The van der Waals surface area contributed by atoms with E-state index in [9.17, 15) is 4.79 Å². The standard InChI is InChI=1S/C27H37FN3O2S/c1-17(2)23-18(3)16-31(7,24-20(23)9-8-10-21(24)28)22-15-29-25(34-22)19-11-13-30(14-12-19)26(32)33-27(4,5)6/h8-10,15,17,19H,11-14,16H2,1-7H3/q+1. The third kappa shape index (κ3) is 4.65. The summed E-state index contributed by atoms with van der Waals surface area (Å²) in [4.78, 5) is 19.0. The molecular weight excluding hydrogens is 449 g/mol. The number of nitrogens with zero attached hydrogens (tertiary/aromatic N) is 3. The van der Waals surface area contributed by atoms with E-state index >= 15 is 4.39 Å². The summed E-state index contributed by atoms with van der Waals surface area (Å²) in [7, 11) is 2.10. The number of benzene rings is 1. The van der Waals surface area contributed by atoms with E-state index in [-0.39, 0.29) is 11.9 Å². The minimum atomic E-state index is -0.487. The maximum atomic E-state index is 15.3. The Bertz CT molecular complexity index is 1110. The van der Waals surface area contributed by atoms with E-state index in [0.29, 0.717) is 29.4 Å². The van der Waals surface area contributed by atoms with Crippen LogP contribution in [-0.4, -0.2) is 48.3 Å². The van der Waals surface area contributed by atoms with E-state index in [0.717, 1.165) is 40.6 Å². The highest BCUT2D eigenvalue weighted by Gasteiger charge is 2.42. The molecule has 2 aromatic rings. The number of rotatable bonds is 3. The molecule has 34 heavy (non-hydrogen) atoms. The molecule has 4 rings (SSSR count). The van der Waals surface area contributed by atoms with Gasteiger partial charge in [-0.1, -0.05) is 31.3 Å². The first kappa shape index (κ1) is 24.9. The van der Waals surface area contributed by atoms with Gasteiger partial charge in [-0.25, -0.2) is 18.7 Å². The van der Waals surface area contributed by atoms with E-state index in [4.69, 9.17) is 9.72 Å². The summed E-state index contributed by atoms with van der Waals surface area (Å²) in [6.07, 6.45) is 3.41. The molecule has 1 amide bonds. The molecule has 1 atom stereocenters. The SMILES string of the molecule is CC1=C(C(C)C)c2cccc(F)c2[N+](C)(c2cnc(C3CCN(C(=O)OC(C)(C)C)CC3)s2)C1. The monoisotopic (exact) mass is 486 g/mol. The van der Waals surface area contributed by atoms with E-state index in [1.54, 1.807) is 22.3 Å². The Morgan fingerprint density at radius 3 is 2.56 bits per heavy atom. The van der Waals surface area contributed by atoms with Gasteiger partial charge in [0.2, 0.25) is 5.00 Å².